The van der Waals surface area contributed by atoms with Gasteiger partial charge in [-0.05, 0) is 11.6 Å². The Balaban J connectivity index is 1.83. The fraction of sp³-hybridized carbons (Fsp3) is 0.500. The van der Waals surface area contributed by atoms with E-state index in [1.807, 2.05) is 23.1 Å². The third kappa shape index (κ3) is 1.91. The number of morpholine rings is 1. The Hall–Kier alpha value is -1.39. The summed E-state index contributed by atoms with van der Waals surface area (Å²) in [5.41, 5.74) is 2.30. The number of ether oxygens (including phenoxy) is 1. The van der Waals surface area contributed by atoms with E-state index in [0.29, 0.717) is 19.1 Å². The van der Waals surface area contributed by atoms with Gasteiger partial charge in [0.1, 0.15) is 6.10 Å². The molecule has 1 saturated heterocycles. The molecule has 4 heteroatoms. The maximum atomic E-state index is 12.5. The van der Waals surface area contributed by atoms with Crippen molar-refractivity contribution in [2.24, 2.45) is 0 Å². The zero-order valence-electron chi connectivity index (χ0n) is 10.6. The van der Waals surface area contributed by atoms with Gasteiger partial charge in [-0.15, -0.1) is 0 Å². The molecule has 2 aliphatic rings. The number of anilines is 1. The number of carbonyl (C=O) groups excluding carboxylic acids is 1. The van der Waals surface area contributed by atoms with E-state index in [2.05, 4.69) is 18.3 Å². The molecular weight excluding hydrogens is 228 g/mol. The topological polar surface area (TPSA) is 41.6 Å². The zero-order valence-corrected chi connectivity index (χ0v) is 10.6. The molecule has 18 heavy (non-hydrogen) atoms. The predicted octanol–water partition coefficient (Wildman–Crippen LogP) is 1.13. The van der Waals surface area contributed by atoms with Crippen molar-refractivity contribution in [1.82, 2.24) is 5.32 Å². The van der Waals surface area contributed by atoms with E-state index in [9.17, 15) is 4.79 Å². The molecule has 1 aromatic carbocycles. The normalized spacial score (nSPS) is 27.1. The van der Waals surface area contributed by atoms with Gasteiger partial charge in [-0.1, -0.05) is 25.1 Å². The first kappa shape index (κ1) is 11.7. The monoisotopic (exact) mass is 246 g/mol. The summed E-state index contributed by atoms with van der Waals surface area (Å²) in [6.07, 6.45) is -0.336. The van der Waals surface area contributed by atoms with Crippen LogP contribution in [0.2, 0.25) is 0 Å². The van der Waals surface area contributed by atoms with Crippen LogP contribution in [-0.4, -0.2) is 38.3 Å². The van der Waals surface area contributed by atoms with Crippen LogP contribution < -0.4 is 10.2 Å². The second-order valence-electron chi connectivity index (χ2n) is 4.97. The number of para-hydroxylation sites is 1. The summed E-state index contributed by atoms with van der Waals surface area (Å²) in [6.45, 7) is 4.98. The van der Waals surface area contributed by atoms with Crippen molar-refractivity contribution < 1.29 is 9.53 Å². The molecule has 3 rings (SSSR count). The lowest BCUT2D eigenvalue weighted by Crippen LogP contribution is -2.49. The van der Waals surface area contributed by atoms with E-state index in [-0.39, 0.29) is 12.0 Å². The van der Waals surface area contributed by atoms with Crippen LogP contribution in [0, 0.1) is 0 Å². The summed E-state index contributed by atoms with van der Waals surface area (Å²) in [7, 11) is 0. The summed E-state index contributed by atoms with van der Waals surface area (Å²) in [5, 5.41) is 3.20. The minimum absolute atomic E-state index is 0.0824. The van der Waals surface area contributed by atoms with Crippen molar-refractivity contribution in [3.8, 4) is 0 Å². The molecule has 0 aromatic heterocycles. The van der Waals surface area contributed by atoms with E-state index in [0.717, 1.165) is 18.8 Å². The highest BCUT2D eigenvalue weighted by Gasteiger charge is 2.34. The van der Waals surface area contributed by atoms with E-state index in [4.69, 9.17) is 4.74 Å². The molecule has 2 heterocycles. The number of rotatable bonds is 1. The standard InChI is InChI=1S/C14H18N2O2/c1-10-9-16(12-5-3-2-4-11(10)12)14(17)13-8-15-6-7-18-13/h2-5,10,13,15H,6-9H2,1H3/t10-,13+/m1/s1. The molecule has 0 bridgehead atoms. The molecule has 2 aliphatic heterocycles. The van der Waals surface area contributed by atoms with Gasteiger partial charge in [0, 0.05) is 31.2 Å². The van der Waals surface area contributed by atoms with Gasteiger partial charge in [-0.2, -0.15) is 0 Å². The predicted molar refractivity (Wildman–Crippen MR) is 69.8 cm³/mol. The fourth-order valence-electron chi connectivity index (χ4n) is 2.73. The van der Waals surface area contributed by atoms with Gasteiger partial charge in [-0.25, -0.2) is 0 Å². The van der Waals surface area contributed by atoms with Crippen molar-refractivity contribution in [1.29, 1.82) is 0 Å². The highest BCUT2D eigenvalue weighted by molar-refractivity contribution is 5.99. The van der Waals surface area contributed by atoms with Crippen LogP contribution in [0.25, 0.3) is 0 Å². The van der Waals surface area contributed by atoms with Crippen molar-refractivity contribution in [3.05, 3.63) is 29.8 Å². The SMILES string of the molecule is C[C@@H]1CN(C(=O)[C@@H]2CNCCO2)c2ccccc21. The maximum Gasteiger partial charge on any atom is 0.257 e. The lowest BCUT2D eigenvalue weighted by Gasteiger charge is -2.27. The van der Waals surface area contributed by atoms with Gasteiger partial charge in [-0.3, -0.25) is 4.79 Å². The van der Waals surface area contributed by atoms with Gasteiger partial charge >= 0.3 is 0 Å². The molecule has 1 aromatic rings. The minimum atomic E-state index is -0.336. The molecule has 4 nitrogen and oxygen atoms in total. The zero-order chi connectivity index (χ0) is 12.5. The Bertz CT molecular complexity index is 455. The first-order valence-electron chi connectivity index (χ1n) is 6.50. The van der Waals surface area contributed by atoms with E-state index < -0.39 is 0 Å². The number of hydrogen-bond donors (Lipinski definition) is 1. The quantitative estimate of drug-likeness (QED) is 0.807. The van der Waals surface area contributed by atoms with Crippen LogP contribution in [0.15, 0.2) is 24.3 Å². The van der Waals surface area contributed by atoms with Crippen molar-refractivity contribution in [2.45, 2.75) is 18.9 Å². The Morgan fingerprint density at radius 2 is 2.28 bits per heavy atom. The summed E-state index contributed by atoms with van der Waals surface area (Å²) >= 11 is 0. The summed E-state index contributed by atoms with van der Waals surface area (Å²) in [5.74, 6) is 0.487. The fourth-order valence-corrected chi connectivity index (χ4v) is 2.73. The highest BCUT2D eigenvalue weighted by atomic mass is 16.5. The number of amides is 1. The Morgan fingerprint density at radius 3 is 3.06 bits per heavy atom. The highest BCUT2D eigenvalue weighted by Crippen LogP contribution is 2.36. The molecule has 0 saturated carbocycles. The van der Waals surface area contributed by atoms with E-state index in [1.165, 1.54) is 5.56 Å². The van der Waals surface area contributed by atoms with Crippen LogP contribution >= 0.6 is 0 Å². The number of nitrogens with one attached hydrogen (secondary N) is 1. The largest absolute Gasteiger partial charge is 0.366 e. The van der Waals surface area contributed by atoms with Gasteiger partial charge < -0.3 is 15.0 Å². The van der Waals surface area contributed by atoms with E-state index >= 15 is 0 Å². The molecule has 0 aliphatic carbocycles. The molecule has 1 fully saturated rings. The van der Waals surface area contributed by atoms with Gasteiger partial charge in [0.25, 0.3) is 5.91 Å². The molecule has 0 unspecified atom stereocenters. The number of fused-ring (bicyclic) bond motifs is 1. The minimum Gasteiger partial charge on any atom is -0.366 e. The number of carbonyl (C=O) groups is 1. The van der Waals surface area contributed by atoms with Crippen molar-refractivity contribution >= 4 is 11.6 Å². The van der Waals surface area contributed by atoms with Gasteiger partial charge in [0.2, 0.25) is 0 Å². The lowest BCUT2D eigenvalue weighted by atomic mass is 10.0. The van der Waals surface area contributed by atoms with Crippen LogP contribution in [0.5, 0.6) is 0 Å². The smallest absolute Gasteiger partial charge is 0.257 e. The Kier molecular flexibility index (Phi) is 3.06. The second kappa shape index (κ2) is 4.71. The average Bonchev–Trinajstić information content (AvgIpc) is 2.77. The third-order valence-electron chi connectivity index (χ3n) is 3.68. The van der Waals surface area contributed by atoms with Crippen LogP contribution in [0.3, 0.4) is 0 Å². The molecular formula is C14H18N2O2. The maximum absolute atomic E-state index is 12.5. The first-order chi connectivity index (χ1) is 8.77. The molecule has 1 amide bonds. The summed E-state index contributed by atoms with van der Waals surface area (Å²) in [4.78, 5) is 14.3. The molecule has 1 N–H and O–H groups in total. The second-order valence-corrected chi connectivity index (χ2v) is 4.97. The lowest BCUT2D eigenvalue weighted by molar-refractivity contribution is -0.131. The number of benzene rings is 1. The summed E-state index contributed by atoms with van der Waals surface area (Å²) < 4.78 is 5.55. The average molecular weight is 246 g/mol. The van der Waals surface area contributed by atoms with E-state index in [1.54, 1.807) is 0 Å². The van der Waals surface area contributed by atoms with Crippen molar-refractivity contribution in [2.75, 3.05) is 31.1 Å². The number of nitrogens with zero attached hydrogens (tertiary/aromatic N) is 1. The first-order valence-corrected chi connectivity index (χ1v) is 6.50. The molecule has 0 spiro atoms. The summed E-state index contributed by atoms with van der Waals surface area (Å²) in [6, 6.07) is 8.14. The van der Waals surface area contributed by atoms with Crippen LogP contribution in [-0.2, 0) is 9.53 Å². The van der Waals surface area contributed by atoms with Crippen molar-refractivity contribution in [3.63, 3.8) is 0 Å². The van der Waals surface area contributed by atoms with Gasteiger partial charge in [0.05, 0.1) is 6.61 Å². The molecule has 96 valence electrons. The van der Waals surface area contributed by atoms with Gasteiger partial charge in [0.15, 0.2) is 0 Å². The molecule has 2 atom stereocenters. The van der Waals surface area contributed by atoms with Crippen LogP contribution in [0.4, 0.5) is 5.69 Å². The Morgan fingerprint density at radius 1 is 1.44 bits per heavy atom. The Labute approximate surface area is 107 Å². The van der Waals surface area contributed by atoms with Crippen LogP contribution in [0.1, 0.15) is 18.4 Å². The third-order valence-corrected chi connectivity index (χ3v) is 3.68. The number of hydrogen-bond acceptors (Lipinski definition) is 3. The molecule has 0 radical (unpaired) electrons.